The third-order valence-electron chi connectivity index (χ3n) is 0.859. The SMILES string of the molecule is CC=C[Si](C)C=CC. The van der Waals surface area contributed by atoms with Gasteiger partial charge in [0.25, 0.3) is 0 Å². The van der Waals surface area contributed by atoms with Crippen molar-refractivity contribution in [2.45, 2.75) is 20.4 Å². The van der Waals surface area contributed by atoms with Crippen molar-refractivity contribution in [2.24, 2.45) is 0 Å². The molecule has 0 unspecified atom stereocenters. The normalized spacial score (nSPS) is 12.5. The molecule has 0 heterocycles. The van der Waals surface area contributed by atoms with Crippen LogP contribution in [0.3, 0.4) is 0 Å². The maximum Gasteiger partial charge on any atom is 0.0991 e. The van der Waals surface area contributed by atoms with Crippen LogP contribution in [0, 0.1) is 0 Å². The third-order valence-corrected chi connectivity index (χ3v) is 2.58. The van der Waals surface area contributed by atoms with Gasteiger partial charge in [0.05, 0.1) is 8.80 Å². The second-order valence-corrected chi connectivity index (χ2v) is 3.90. The van der Waals surface area contributed by atoms with Crippen molar-refractivity contribution >= 4 is 8.80 Å². The Hall–Kier alpha value is -0.303. The smallest absolute Gasteiger partial charge is 0.0965 e. The molecular weight excluding hydrogens is 112 g/mol. The molecule has 0 aliphatic carbocycles. The molecule has 1 radical (unpaired) electrons. The minimum Gasteiger partial charge on any atom is -0.0965 e. The van der Waals surface area contributed by atoms with Gasteiger partial charge in [-0.15, -0.1) is 0 Å². The fourth-order valence-electron chi connectivity index (χ4n) is 0.581. The van der Waals surface area contributed by atoms with Crippen molar-refractivity contribution in [1.82, 2.24) is 0 Å². The van der Waals surface area contributed by atoms with E-state index < -0.39 is 0 Å². The largest absolute Gasteiger partial charge is 0.0991 e. The fraction of sp³-hybridized carbons (Fsp3) is 0.429. The van der Waals surface area contributed by atoms with Crippen LogP contribution in [0.15, 0.2) is 23.6 Å². The minimum atomic E-state index is -0.253. The molecule has 0 bridgehead atoms. The number of hydrogen-bond donors (Lipinski definition) is 0. The Kier molecular flexibility index (Phi) is 4.66. The highest BCUT2D eigenvalue weighted by Crippen LogP contribution is 1.85. The lowest BCUT2D eigenvalue weighted by molar-refractivity contribution is 1.74. The maximum atomic E-state index is 2.27. The molecule has 0 aliphatic rings. The first-order valence-electron chi connectivity index (χ1n) is 2.90. The maximum absolute atomic E-state index is 2.27. The van der Waals surface area contributed by atoms with E-state index >= 15 is 0 Å². The summed E-state index contributed by atoms with van der Waals surface area (Å²) >= 11 is 0. The molecule has 0 fully saturated rings. The monoisotopic (exact) mass is 125 g/mol. The molecule has 0 atom stereocenters. The zero-order valence-electron chi connectivity index (χ0n) is 5.81. The molecule has 0 aliphatic heterocycles. The summed E-state index contributed by atoms with van der Waals surface area (Å²) in [6.07, 6.45) is 4.24. The van der Waals surface area contributed by atoms with Crippen LogP contribution in [0.2, 0.25) is 6.55 Å². The average Bonchev–Trinajstić information content (AvgIpc) is 1.68. The standard InChI is InChI=1S/C7H13Si/c1-4-6-8(3)7-5-2/h4-7H,1-3H3. The van der Waals surface area contributed by atoms with E-state index in [1.54, 1.807) is 0 Å². The fourth-order valence-corrected chi connectivity index (χ4v) is 1.74. The Balaban J connectivity index is 3.47. The summed E-state index contributed by atoms with van der Waals surface area (Å²) in [5, 5.41) is 0. The summed E-state index contributed by atoms with van der Waals surface area (Å²) in [5.41, 5.74) is 4.54. The molecule has 8 heavy (non-hydrogen) atoms. The minimum absolute atomic E-state index is 0.253. The van der Waals surface area contributed by atoms with Crippen LogP contribution in [-0.2, 0) is 0 Å². The molecule has 0 aromatic rings. The van der Waals surface area contributed by atoms with Crippen molar-refractivity contribution < 1.29 is 0 Å². The molecule has 0 N–H and O–H groups in total. The molecule has 1 heteroatoms. The molecular formula is C7H13Si. The van der Waals surface area contributed by atoms with Gasteiger partial charge in [-0.25, -0.2) is 0 Å². The second kappa shape index (κ2) is 4.85. The zero-order valence-corrected chi connectivity index (χ0v) is 6.81. The molecule has 0 rings (SSSR count). The van der Waals surface area contributed by atoms with Crippen molar-refractivity contribution in [3.8, 4) is 0 Å². The van der Waals surface area contributed by atoms with Gasteiger partial charge < -0.3 is 0 Å². The highest BCUT2D eigenvalue weighted by Gasteiger charge is 1.86. The van der Waals surface area contributed by atoms with E-state index in [0.717, 1.165) is 0 Å². The van der Waals surface area contributed by atoms with Crippen LogP contribution < -0.4 is 0 Å². The van der Waals surface area contributed by atoms with Gasteiger partial charge in [0, 0.05) is 0 Å². The van der Waals surface area contributed by atoms with Gasteiger partial charge in [0.1, 0.15) is 0 Å². The van der Waals surface area contributed by atoms with Gasteiger partial charge in [-0.05, 0) is 13.8 Å². The van der Waals surface area contributed by atoms with E-state index in [-0.39, 0.29) is 8.80 Å². The first-order valence-corrected chi connectivity index (χ1v) is 5.05. The summed E-state index contributed by atoms with van der Waals surface area (Å²) in [5.74, 6) is 0. The highest BCUT2D eigenvalue weighted by atomic mass is 28.3. The van der Waals surface area contributed by atoms with Crippen molar-refractivity contribution in [3.63, 3.8) is 0 Å². The van der Waals surface area contributed by atoms with E-state index in [1.807, 2.05) is 0 Å². The summed E-state index contributed by atoms with van der Waals surface area (Å²) in [7, 11) is -0.253. The van der Waals surface area contributed by atoms with Gasteiger partial charge in [-0.2, -0.15) is 0 Å². The highest BCUT2D eigenvalue weighted by molar-refractivity contribution is 6.68. The average molecular weight is 125 g/mol. The molecule has 45 valence electrons. The first-order chi connectivity index (χ1) is 3.81. The topological polar surface area (TPSA) is 0 Å². The van der Waals surface area contributed by atoms with Crippen LogP contribution >= 0.6 is 0 Å². The van der Waals surface area contributed by atoms with E-state index in [0.29, 0.717) is 0 Å². The molecule has 0 aromatic carbocycles. The third kappa shape index (κ3) is 3.87. The Morgan fingerprint density at radius 3 is 1.62 bits per heavy atom. The number of hydrogen-bond acceptors (Lipinski definition) is 0. The van der Waals surface area contributed by atoms with Gasteiger partial charge in [-0.1, -0.05) is 30.1 Å². The van der Waals surface area contributed by atoms with Gasteiger partial charge >= 0.3 is 0 Å². The summed E-state index contributed by atoms with van der Waals surface area (Å²) in [4.78, 5) is 0. The first kappa shape index (κ1) is 7.70. The van der Waals surface area contributed by atoms with Crippen molar-refractivity contribution in [3.05, 3.63) is 23.6 Å². The second-order valence-electron chi connectivity index (χ2n) is 1.74. The Morgan fingerprint density at radius 2 is 1.38 bits per heavy atom. The lowest BCUT2D eigenvalue weighted by Gasteiger charge is -1.89. The van der Waals surface area contributed by atoms with Gasteiger partial charge in [-0.3, -0.25) is 0 Å². The predicted molar refractivity (Wildman–Crippen MR) is 41.2 cm³/mol. The van der Waals surface area contributed by atoms with Gasteiger partial charge in [0.2, 0.25) is 0 Å². The molecule has 0 saturated carbocycles. The van der Waals surface area contributed by atoms with Gasteiger partial charge in [0.15, 0.2) is 0 Å². The summed E-state index contributed by atoms with van der Waals surface area (Å²) in [6.45, 7) is 6.40. The van der Waals surface area contributed by atoms with Crippen LogP contribution in [0.5, 0.6) is 0 Å². The lowest BCUT2D eigenvalue weighted by atomic mass is 10.8. The summed E-state index contributed by atoms with van der Waals surface area (Å²) < 4.78 is 0. The Labute approximate surface area is 53.5 Å². The zero-order chi connectivity index (χ0) is 6.41. The Morgan fingerprint density at radius 1 is 1.00 bits per heavy atom. The number of rotatable bonds is 2. The molecule has 0 aromatic heterocycles. The molecule has 0 nitrogen and oxygen atoms in total. The Bertz CT molecular complexity index is 80.6. The quantitative estimate of drug-likeness (QED) is 0.497. The van der Waals surface area contributed by atoms with Crippen LogP contribution in [0.4, 0.5) is 0 Å². The van der Waals surface area contributed by atoms with Crippen LogP contribution in [-0.4, -0.2) is 8.80 Å². The van der Waals surface area contributed by atoms with Crippen LogP contribution in [0.1, 0.15) is 13.8 Å². The van der Waals surface area contributed by atoms with Crippen molar-refractivity contribution in [1.29, 1.82) is 0 Å². The predicted octanol–water partition coefficient (Wildman–Crippen LogP) is 2.34. The number of allylic oxidation sites excluding steroid dienone is 2. The van der Waals surface area contributed by atoms with E-state index in [1.165, 1.54) is 0 Å². The van der Waals surface area contributed by atoms with Crippen molar-refractivity contribution in [2.75, 3.05) is 0 Å². The lowest BCUT2D eigenvalue weighted by Crippen LogP contribution is -1.95. The van der Waals surface area contributed by atoms with E-state index in [2.05, 4.69) is 43.9 Å². The van der Waals surface area contributed by atoms with Crippen LogP contribution in [0.25, 0.3) is 0 Å². The van der Waals surface area contributed by atoms with E-state index in [9.17, 15) is 0 Å². The molecule has 0 saturated heterocycles. The van der Waals surface area contributed by atoms with E-state index in [4.69, 9.17) is 0 Å². The molecule has 0 amide bonds. The molecule has 0 spiro atoms. The summed E-state index contributed by atoms with van der Waals surface area (Å²) in [6, 6.07) is 0.